The van der Waals surface area contributed by atoms with Gasteiger partial charge in [-0.2, -0.15) is 0 Å². The van der Waals surface area contributed by atoms with Crippen LogP contribution in [0.2, 0.25) is 5.02 Å². The Labute approximate surface area is 226 Å². The van der Waals surface area contributed by atoms with E-state index < -0.39 is 61.7 Å². The normalized spacial score (nSPS) is 26.4. The predicted molar refractivity (Wildman–Crippen MR) is 135 cm³/mol. The first-order valence-electron chi connectivity index (χ1n) is 12.2. The molecule has 5 rings (SSSR count). The van der Waals surface area contributed by atoms with Gasteiger partial charge in [-0.15, -0.1) is 0 Å². The average Bonchev–Trinajstić information content (AvgIpc) is 3.00. The van der Waals surface area contributed by atoms with Gasteiger partial charge in [-0.25, -0.2) is 26.0 Å². The van der Waals surface area contributed by atoms with Crippen molar-refractivity contribution >= 4 is 33.0 Å². The average molecular weight is 583 g/mol. The number of halogens is 5. The summed E-state index contributed by atoms with van der Waals surface area (Å²) < 4.78 is 81.4. The highest BCUT2D eigenvalue weighted by Gasteiger charge is 2.60. The van der Waals surface area contributed by atoms with E-state index in [9.17, 15) is 35.9 Å². The Kier molecular flexibility index (Phi) is 6.97. The first kappa shape index (κ1) is 27.5. The van der Waals surface area contributed by atoms with Gasteiger partial charge in [0, 0.05) is 23.4 Å². The molecule has 2 saturated carbocycles. The molecule has 2 aliphatic carbocycles. The van der Waals surface area contributed by atoms with Gasteiger partial charge in [0.1, 0.15) is 11.4 Å². The van der Waals surface area contributed by atoms with Crippen LogP contribution in [-0.4, -0.2) is 29.7 Å². The summed E-state index contributed by atoms with van der Waals surface area (Å²) in [6.07, 6.45) is 1.76. The number of carbonyl (C=O) groups excluding carboxylic acids is 1. The van der Waals surface area contributed by atoms with E-state index in [1.807, 2.05) is 6.92 Å². The van der Waals surface area contributed by atoms with Crippen LogP contribution >= 0.6 is 11.6 Å². The molecule has 12 heteroatoms. The zero-order valence-corrected chi connectivity index (χ0v) is 22.0. The molecular formula is C27H23ClF4N2O4S. The molecule has 2 aromatic carbocycles. The molecule has 2 bridgehead atoms. The number of hydrogen-bond donors (Lipinski definition) is 2. The molecule has 2 fully saturated rings. The van der Waals surface area contributed by atoms with Crippen LogP contribution in [0, 0.1) is 41.0 Å². The van der Waals surface area contributed by atoms with Crippen LogP contribution in [0.3, 0.4) is 0 Å². The Morgan fingerprint density at radius 3 is 2.36 bits per heavy atom. The molecule has 0 spiro atoms. The van der Waals surface area contributed by atoms with Crippen LogP contribution in [0.25, 0.3) is 0 Å². The minimum atomic E-state index is -4.10. The van der Waals surface area contributed by atoms with Crippen LogP contribution in [0.4, 0.5) is 23.2 Å². The fourth-order valence-electron chi connectivity index (χ4n) is 6.05. The van der Waals surface area contributed by atoms with Crippen LogP contribution in [0.1, 0.15) is 42.2 Å². The second-order valence-corrected chi connectivity index (χ2v) is 12.8. The second kappa shape index (κ2) is 9.87. The molecule has 1 amide bonds. The summed E-state index contributed by atoms with van der Waals surface area (Å²) in [5.41, 5.74) is -1.63. The van der Waals surface area contributed by atoms with E-state index in [2.05, 4.69) is 10.3 Å². The molecule has 0 radical (unpaired) electrons. The predicted octanol–water partition coefficient (Wildman–Crippen LogP) is 5.64. The Bertz CT molecular complexity index is 1550. The molecule has 5 atom stereocenters. The Hall–Kier alpha value is -3.02. The van der Waals surface area contributed by atoms with Crippen LogP contribution in [0.15, 0.2) is 53.6 Å². The van der Waals surface area contributed by atoms with Crippen LogP contribution < -0.4 is 5.32 Å². The maximum absolute atomic E-state index is 13.8. The molecule has 206 valence electrons. The molecule has 2 N–H and O–H groups in total. The molecule has 3 unspecified atom stereocenters. The summed E-state index contributed by atoms with van der Waals surface area (Å²) in [5, 5.41) is 12.9. The van der Waals surface area contributed by atoms with E-state index >= 15 is 0 Å². The number of pyridine rings is 1. The monoisotopic (exact) mass is 582 g/mol. The van der Waals surface area contributed by atoms with E-state index in [0.717, 1.165) is 12.3 Å². The van der Waals surface area contributed by atoms with Gasteiger partial charge < -0.3 is 10.4 Å². The van der Waals surface area contributed by atoms with Crippen molar-refractivity contribution in [2.75, 3.05) is 5.32 Å². The summed E-state index contributed by atoms with van der Waals surface area (Å²) in [7, 11) is -4.10. The van der Waals surface area contributed by atoms with Gasteiger partial charge in [0.05, 0.1) is 27.1 Å². The third-order valence-corrected chi connectivity index (χ3v) is 10.6. The number of fused-ring (bicyclic) bond motifs is 2. The maximum atomic E-state index is 13.8. The summed E-state index contributed by atoms with van der Waals surface area (Å²) in [6.45, 7) is 1.92. The molecule has 6 nitrogen and oxygen atoms in total. The molecule has 39 heavy (non-hydrogen) atoms. The smallest absolute Gasteiger partial charge is 0.255 e. The van der Waals surface area contributed by atoms with E-state index in [-0.39, 0.29) is 39.9 Å². The van der Waals surface area contributed by atoms with Gasteiger partial charge in [-0.3, -0.25) is 9.78 Å². The SMILES string of the molecule is C[C@H]1CC2CC(S(=O)(=O)c3cc(C(=O)Nc4cc(F)c(F)c(F)c4)ccc3Cl)CC1[C@@]2(O)c1ccc(F)cn1. The van der Waals surface area contributed by atoms with E-state index in [1.54, 1.807) is 0 Å². The number of rotatable bonds is 5. The quantitative estimate of drug-likeness (QED) is 0.300. The number of nitrogens with zero attached hydrogens (tertiary/aromatic N) is 1. The number of nitrogens with one attached hydrogen (secondary N) is 1. The van der Waals surface area contributed by atoms with Crippen molar-refractivity contribution in [1.82, 2.24) is 4.98 Å². The second-order valence-electron chi connectivity index (χ2n) is 10.2. The van der Waals surface area contributed by atoms with Gasteiger partial charge in [-0.1, -0.05) is 18.5 Å². The molecule has 3 aromatic rings. The Morgan fingerprint density at radius 1 is 1.05 bits per heavy atom. The maximum Gasteiger partial charge on any atom is 0.255 e. The zero-order chi connectivity index (χ0) is 28.3. The third-order valence-electron chi connectivity index (χ3n) is 7.91. The van der Waals surface area contributed by atoms with Crippen molar-refractivity contribution in [2.45, 2.75) is 41.9 Å². The first-order valence-corrected chi connectivity index (χ1v) is 14.1. The minimum Gasteiger partial charge on any atom is -0.383 e. The van der Waals surface area contributed by atoms with Crippen molar-refractivity contribution in [2.24, 2.45) is 17.8 Å². The molecular weight excluding hydrogens is 560 g/mol. The van der Waals surface area contributed by atoms with Gasteiger partial charge in [0.2, 0.25) is 0 Å². The Balaban J connectivity index is 1.42. The fraction of sp³-hybridized carbons (Fsp3) is 0.333. The van der Waals surface area contributed by atoms with Crippen LogP contribution in [0.5, 0.6) is 0 Å². The Morgan fingerprint density at radius 2 is 1.74 bits per heavy atom. The lowest BCUT2D eigenvalue weighted by atomic mass is 9.71. The van der Waals surface area contributed by atoms with Crippen molar-refractivity contribution < 1.29 is 35.9 Å². The van der Waals surface area contributed by atoms with E-state index in [0.29, 0.717) is 24.2 Å². The first-order chi connectivity index (χ1) is 18.3. The van der Waals surface area contributed by atoms with E-state index in [4.69, 9.17) is 11.6 Å². The van der Waals surface area contributed by atoms with Crippen LogP contribution in [-0.2, 0) is 15.4 Å². The number of amides is 1. The number of anilines is 1. The standard InChI is InChI=1S/C27H23ClF4N2O4S/c1-13-6-15-8-18(11-19(13)27(15,36)24-5-3-16(29)12-33-24)39(37,38)23-7-14(2-4-20(23)28)26(35)34-17-9-21(30)25(32)22(31)10-17/h2-5,7,9-10,12-13,15,18-19,36H,6,8,11H2,1H3,(H,34,35)/t13-,15?,18?,19?,27+/m0/s1. The highest BCUT2D eigenvalue weighted by atomic mass is 35.5. The van der Waals surface area contributed by atoms with Crippen molar-refractivity contribution in [3.05, 3.63) is 88.2 Å². The fourth-order valence-corrected chi connectivity index (χ4v) is 8.43. The molecule has 2 aliphatic rings. The molecule has 0 saturated heterocycles. The van der Waals surface area contributed by atoms with Gasteiger partial charge in [0.25, 0.3) is 5.91 Å². The number of aliphatic hydroxyl groups is 1. The van der Waals surface area contributed by atoms with Gasteiger partial charge >= 0.3 is 0 Å². The highest BCUT2D eigenvalue weighted by molar-refractivity contribution is 7.92. The lowest BCUT2D eigenvalue weighted by Gasteiger charge is -2.42. The van der Waals surface area contributed by atoms with Gasteiger partial charge in [-0.05, 0) is 67.3 Å². The lowest BCUT2D eigenvalue weighted by molar-refractivity contribution is -0.0733. The zero-order valence-electron chi connectivity index (χ0n) is 20.5. The van der Waals surface area contributed by atoms with Crippen molar-refractivity contribution in [3.63, 3.8) is 0 Å². The number of sulfone groups is 1. The molecule has 1 heterocycles. The number of carbonyl (C=O) groups is 1. The summed E-state index contributed by atoms with van der Waals surface area (Å²) in [4.78, 5) is 16.5. The number of hydrogen-bond acceptors (Lipinski definition) is 5. The largest absolute Gasteiger partial charge is 0.383 e. The third kappa shape index (κ3) is 4.70. The van der Waals surface area contributed by atoms with Crippen molar-refractivity contribution in [3.8, 4) is 0 Å². The lowest BCUT2D eigenvalue weighted by Crippen LogP contribution is -2.47. The summed E-state index contributed by atoms with van der Waals surface area (Å²) >= 11 is 6.26. The highest BCUT2D eigenvalue weighted by Crippen LogP contribution is 2.58. The van der Waals surface area contributed by atoms with Gasteiger partial charge in [0.15, 0.2) is 27.3 Å². The number of benzene rings is 2. The summed E-state index contributed by atoms with van der Waals surface area (Å²) in [6, 6.07) is 7.38. The number of aromatic nitrogens is 1. The molecule has 0 aliphatic heterocycles. The van der Waals surface area contributed by atoms with E-state index in [1.165, 1.54) is 24.3 Å². The molecule has 1 aromatic heterocycles. The topological polar surface area (TPSA) is 96.4 Å². The minimum absolute atomic E-state index is 0.0314. The van der Waals surface area contributed by atoms with Crippen molar-refractivity contribution in [1.29, 1.82) is 0 Å². The summed E-state index contributed by atoms with van der Waals surface area (Å²) in [5.74, 6) is -7.08.